The topological polar surface area (TPSA) is 8.17 Å². The van der Waals surface area contributed by atoms with Gasteiger partial charge in [0.2, 0.25) is 0 Å². The number of rotatable bonds is 6. The Morgan fingerprint density at radius 1 is 0.659 bits per heavy atom. The van der Waals surface area contributed by atoms with Crippen LogP contribution in [-0.2, 0) is 6.42 Å². The molecule has 2 atom stereocenters. The van der Waals surface area contributed by atoms with Crippen LogP contribution in [0.25, 0.3) is 33.8 Å². The molecule has 1 heterocycles. The number of hydrogen-bond donors (Lipinski definition) is 0. The van der Waals surface area contributed by atoms with E-state index in [0.29, 0.717) is 11.8 Å². The van der Waals surface area contributed by atoms with Gasteiger partial charge in [-0.3, -0.25) is 0 Å². The van der Waals surface area contributed by atoms with Crippen molar-refractivity contribution in [3.8, 4) is 16.8 Å². The van der Waals surface area contributed by atoms with Gasteiger partial charge in [0.15, 0.2) is 0 Å². The predicted molar refractivity (Wildman–Crippen MR) is 187 cm³/mol. The van der Waals surface area contributed by atoms with Crippen LogP contribution in [-0.4, -0.2) is 4.57 Å². The smallest absolute Gasteiger partial charge is 0.0537 e. The van der Waals surface area contributed by atoms with Crippen molar-refractivity contribution in [2.24, 2.45) is 11.8 Å². The van der Waals surface area contributed by atoms with E-state index in [2.05, 4.69) is 143 Å². The fourth-order valence-corrected chi connectivity index (χ4v) is 7.60. The van der Waals surface area contributed by atoms with Crippen molar-refractivity contribution in [1.82, 2.24) is 4.57 Å². The highest BCUT2D eigenvalue weighted by Crippen LogP contribution is 2.37. The average Bonchev–Trinajstić information content (AvgIpc) is 3.44. The summed E-state index contributed by atoms with van der Waals surface area (Å²) in [5.74, 6) is 1.19. The molecule has 0 spiro atoms. The van der Waals surface area contributed by atoms with Crippen LogP contribution in [0.4, 0.5) is 5.69 Å². The van der Waals surface area contributed by atoms with E-state index in [1.165, 1.54) is 75.3 Å². The molecule has 0 fully saturated rings. The number of aromatic nitrogens is 1. The molecule has 4 aliphatic rings. The van der Waals surface area contributed by atoms with Gasteiger partial charge in [-0.1, -0.05) is 91.1 Å². The normalized spacial score (nSPS) is 20.8. The molecule has 2 heteroatoms. The summed E-state index contributed by atoms with van der Waals surface area (Å²) in [7, 11) is 0. The van der Waals surface area contributed by atoms with Crippen LogP contribution in [0.15, 0.2) is 139 Å². The maximum atomic E-state index is 2.52. The van der Waals surface area contributed by atoms with Crippen LogP contribution < -0.4 is 4.90 Å². The standard InChI is InChI=1S/C42H40N2/c1-3-11-31(12-4-1)32-19-25-36(26-20-32)43(35-13-5-2-6-14-35)37-27-21-33(22-28-37)34-23-29-38(30-24-34)44-41-17-9-7-15-39(41)40-16-8-10-18-42(40)44/h1,3-4,7,9-11,13,15,17-19,21-32H,2,5-6,8,12,14,16,20H2. The van der Waals surface area contributed by atoms with E-state index >= 15 is 0 Å². The highest BCUT2D eigenvalue weighted by Gasteiger charge is 2.23. The fraction of sp³-hybridized carbons (Fsp3) is 0.238. The molecule has 2 nitrogen and oxygen atoms in total. The van der Waals surface area contributed by atoms with Gasteiger partial charge in [-0.15, -0.1) is 0 Å². The summed E-state index contributed by atoms with van der Waals surface area (Å²) in [5.41, 5.74) is 11.8. The molecule has 44 heavy (non-hydrogen) atoms. The van der Waals surface area contributed by atoms with Gasteiger partial charge < -0.3 is 9.47 Å². The summed E-state index contributed by atoms with van der Waals surface area (Å²) in [6, 6.07) is 27.2. The molecular formula is C42H40N2. The van der Waals surface area contributed by atoms with Gasteiger partial charge in [-0.05, 0) is 122 Å². The Labute approximate surface area is 261 Å². The predicted octanol–water partition coefficient (Wildman–Crippen LogP) is 11.1. The lowest BCUT2D eigenvalue weighted by atomic mass is 9.82. The second-order valence-electron chi connectivity index (χ2n) is 12.6. The number of allylic oxidation sites excluding steroid dienone is 10. The zero-order chi connectivity index (χ0) is 29.3. The first-order valence-corrected chi connectivity index (χ1v) is 16.5. The van der Waals surface area contributed by atoms with Gasteiger partial charge in [-0.2, -0.15) is 0 Å². The quantitative estimate of drug-likeness (QED) is 0.223. The number of fused-ring (bicyclic) bond motifs is 3. The van der Waals surface area contributed by atoms with Gasteiger partial charge >= 0.3 is 0 Å². The number of nitrogens with zero attached hydrogens (tertiary/aromatic N) is 2. The molecule has 0 aliphatic heterocycles. The van der Waals surface area contributed by atoms with Crippen LogP contribution in [0, 0.1) is 11.8 Å². The first-order valence-electron chi connectivity index (χ1n) is 16.5. The van der Waals surface area contributed by atoms with Gasteiger partial charge in [0.25, 0.3) is 0 Å². The summed E-state index contributed by atoms with van der Waals surface area (Å²) in [6.45, 7) is 0. The Morgan fingerprint density at radius 2 is 1.48 bits per heavy atom. The van der Waals surface area contributed by atoms with Gasteiger partial charge in [-0.25, -0.2) is 0 Å². The molecule has 4 aromatic rings. The average molecular weight is 573 g/mol. The number of anilines is 1. The first kappa shape index (κ1) is 27.0. The summed E-state index contributed by atoms with van der Waals surface area (Å²) in [5, 5.41) is 1.38. The van der Waals surface area contributed by atoms with Crippen molar-refractivity contribution >= 4 is 22.7 Å². The Hall–Kier alpha value is -4.56. The van der Waals surface area contributed by atoms with Gasteiger partial charge in [0.05, 0.1) is 5.52 Å². The van der Waals surface area contributed by atoms with Gasteiger partial charge in [0.1, 0.15) is 0 Å². The molecule has 8 rings (SSSR count). The molecule has 0 N–H and O–H groups in total. The summed E-state index contributed by atoms with van der Waals surface area (Å²) in [6.07, 6.45) is 32.8. The zero-order valence-corrected chi connectivity index (χ0v) is 25.4. The van der Waals surface area contributed by atoms with Crippen LogP contribution in [0.5, 0.6) is 0 Å². The monoisotopic (exact) mass is 572 g/mol. The second-order valence-corrected chi connectivity index (χ2v) is 12.6. The highest BCUT2D eigenvalue weighted by molar-refractivity contribution is 5.90. The third kappa shape index (κ3) is 5.03. The van der Waals surface area contributed by atoms with Crippen molar-refractivity contribution < 1.29 is 0 Å². The SMILES string of the molecule is C1=CCC(C2C=CC(N(C3=CCCCC3)c3ccc(-c4ccc(-n5c6c(c7ccccc75)CCC=C6)cc4)cc3)=CC2)C=C1. The van der Waals surface area contributed by atoms with Crippen molar-refractivity contribution in [2.75, 3.05) is 4.90 Å². The minimum absolute atomic E-state index is 0.582. The van der Waals surface area contributed by atoms with E-state index in [9.17, 15) is 0 Å². The Kier molecular flexibility index (Phi) is 7.28. The maximum absolute atomic E-state index is 2.52. The van der Waals surface area contributed by atoms with Crippen LogP contribution in [0.3, 0.4) is 0 Å². The summed E-state index contributed by atoms with van der Waals surface area (Å²) < 4.78 is 2.43. The largest absolute Gasteiger partial charge is 0.315 e. The van der Waals surface area contributed by atoms with Gasteiger partial charge in [0, 0.05) is 33.8 Å². The van der Waals surface area contributed by atoms with Crippen molar-refractivity contribution in [1.29, 1.82) is 0 Å². The number of hydrogen-bond acceptors (Lipinski definition) is 1. The Balaban J connectivity index is 1.07. The minimum atomic E-state index is 0.582. The van der Waals surface area contributed by atoms with Crippen LogP contribution in [0.2, 0.25) is 0 Å². The molecule has 0 radical (unpaired) electrons. The van der Waals surface area contributed by atoms with E-state index in [1.54, 1.807) is 0 Å². The van der Waals surface area contributed by atoms with E-state index < -0.39 is 0 Å². The Bertz CT molecular complexity index is 1850. The fourth-order valence-electron chi connectivity index (χ4n) is 7.60. The molecule has 4 aliphatic carbocycles. The van der Waals surface area contributed by atoms with Crippen molar-refractivity contribution in [3.63, 3.8) is 0 Å². The summed E-state index contributed by atoms with van der Waals surface area (Å²) >= 11 is 0. The molecule has 218 valence electrons. The lowest BCUT2D eigenvalue weighted by molar-refractivity contribution is 0.475. The van der Waals surface area contributed by atoms with E-state index in [-0.39, 0.29) is 0 Å². The number of para-hydroxylation sites is 1. The maximum Gasteiger partial charge on any atom is 0.0537 e. The number of benzene rings is 3. The molecule has 3 aromatic carbocycles. The van der Waals surface area contributed by atoms with Crippen molar-refractivity contribution in [3.05, 3.63) is 150 Å². The third-order valence-corrected chi connectivity index (χ3v) is 9.93. The van der Waals surface area contributed by atoms with Crippen LogP contribution >= 0.6 is 0 Å². The second kappa shape index (κ2) is 11.8. The first-order chi connectivity index (χ1) is 21.8. The zero-order valence-electron chi connectivity index (χ0n) is 25.4. The van der Waals surface area contributed by atoms with E-state index in [1.807, 2.05) is 0 Å². The van der Waals surface area contributed by atoms with Crippen molar-refractivity contribution in [2.45, 2.75) is 51.4 Å². The van der Waals surface area contributed by atoms with E-state index in [0.717, 1.165) is 32.1 Å². The molecule has 0 saturated carbocycles. The lowest BCUT2D eigenvalue weighted by Gasteiger charge is -2.33. The van der Waals surface area contributed by atoms with E-state index in [4.69, 9.17) is 0 Å². The third-order valence-electron chi connectivity index (χ3n) is 9.93. The Morgan fingerprint density at radius 3 is 2.23 bits per heavy atom. The molecular weight excluding hydrogens is 532 g/mol. The minimum Gasteiger partial charge on any atom is -0.315 e. The number of aryl methyl sites for hydroxylation is 1. The lowest BCUT2D eigenvalue weighted by Crippen LogP contribution is -2.24. The van der Waals surface area contributed by atoms with Crippen LogP contribution in [0.1, 0.15) is 56.2 Å². The molecule has 1 aromatic heterocycles. The molecule has 0 bridgehead atoms. The highest BCUT2D eigenvalue weighted by atomic mass is 15.2. The molecule has 0 saturated heterocycles. The summed E-state index contributed by atoms with van der Waals surface area (Å²) in [4.78, 5) is 2.52. The molecule has 2 unspecified atom stereocenters. The molecule has 0 amide bonds.